The van der Waals surface area contributed by atoms with Crippen molar-refractivity contribution in [3.8, 4) is 5.75 Å². The minimum absolute atomic E-state index is 0.146. The van der Waals surface area contributed by atoms with E-state index >= 15 is 0 Å². The number of carbonyl (C=O) groups is 5. The predicted molar refractivity (Wildman–Crippen MR) is 113 cm³/mol. The average Bonchev–Trinajstić information content (AvgIpc) is 2.71. The highest BCUT2D eigenvalue weighted by molar-refractivity contribution is 6.30. The van der Waals surface area contributed by atoms with Gasteiger partial charge in [-0.3, -0.25) is 24.5 Å². The standard InChI is InChI=1S/C21H24ClNO11/c1-10(24)29-9-16-17(30-11(2)25)18(31-12(3)26)19(32-13(4)27)20(34-16)23-21(28)33-15-7-5-14(22)6-8-15/h5-8,16-20H,9H2,1-4H3,(H,23,28)/t16-,17-,18+,19-,20-/m1/s1. The molecule has 1 N–H and O–H groups in total. The Morgan fingerprint density at radius 2 is 1.35 bits per heavy atom. The summed E-state index contributed by atoms with van der Waals surface area (Å²) in [6.45, 7) is 3.99. The van der Waals surface area contributed by atoms with Gasteiger partial charge in [0.2, 0.25) is 0 Å². The number of hydrogen-bond acceptors (Lipinski definition) is 11. The van der Waals surface area contributed by atoms with Gasteiger partial charge in [-0.2, -0.15) is 0 Å². The van der Waals surface area contributed by atoms with Crippen LogP contribution in [0.4, 0.5) is 4.79 Å². The van der Waals surface area contributed by atoms with Crippen LogP contribution in [0.3, 0.4) is 0 Å². The largest absolute Gasteiger partial charge is 0.463 e. The monoisotopic (exact) mass is 501 g/mol. The zero-order valence-corrected chi connectivity index (χ0v) is 19.5. The molecule has 1 amide bonds. The molecule has 1 aromatic rings. The highest BCUT2D eigenvalue weighted by Crippen LogP contribution is 2.28. The van der Waals surface area contributed by atoms with Crippen LogP contribution >= 0.6 is 11.6 Å². The molecule has 12 nitrogen and oxygen atoms in total. The molecule has 1 fully saturated rings. The van der Waals surface area contributed by atoms with Crippen molar-refractivity contribution in [1.82, 2.24) is 5.32 Å². The molecule has 0 aromatic heterocycles. The van der Waals surface area contributed by atoms with Crippen molar-refractivity contribution in [3.63, 3.8) is 0 Å². The number of esters is 4. The molecule has 5 atom stereocenters. The van der Waals surface area contributed by atoms with Crippen molar-refractivity contribution >= 4 is 41.6 Å². The van der Waals surface area contributed by atoms with Crippen LogP contribution in [-0.4, -0.2) is 67.2 Å². The van der Waals surface area contributed by atoms with Crippen molar-refractivity contribution in [2.24, 2.45) is 0 Å². The van der Waals surface area contributed by atoms with Gasteiger partial charge in [0.25, 0.3) is 0 Å². The maximum Gasteiger partial charge on any atom is 0.414 e. The molecule has 13 heteroatoms. The van der Waals surface area contributed by atoms with E-state index in [-0.39, 0.29) is 5.75 Å². The highest BCUT2D eigenvalue weighted by atomic mass is 35.5. The molecule has 1 saturated heterocycles. The van der Waals surface area contributed by atoms with E-state index < -0.39 is 67.2 Å². The normalized spacial score (nSPS) is 23.7. The summed E-state index contributed by atoms with van der Waals surface area (Å²) < 4.78 is 31.6. The van der Waals surface area contributed by atoms with Gasteiger partial charge < -0.3 is 28.4 Å². The summed E-state index contributed by atoms with van der Waals surface area (Å²) in [4.78, 5) is 59.1. The van der Waals surface area contributed by atoms with Gasteiger partial charge in [0, 0.05) is 32.7 Å². The Bertz CT molecular complexity index is 920. The fourth-order valence-electron chi connectivity index (χ4n) is 3.10. The van der Waals surface area contributed by atoms with E-state index in [2.05, 4.69) is 5.32 Å². The third-order valence-corrected chi connectivity index (χ3v) is 4.53. The zero-order valence-electron chi connectivity index (χ0n) is 18.8. The molecule has 0 bridgehead atoms. The first-order valence-electron chi connectivity index (χ1n) is 10.0. The molecule has 186 valence electrons. The molecule has 0 saturated carbocycles. The van der Waals surface area contributed by atoms with Gasteiger partial charge in [0.1, 0.15) is 18.5 Å². The molecule has 2 rings (SSSR count). The first kappa shape index (κ1) is 26.9. The van der Waals surface area contributed by atoms with Crippen molar-refractivity contribution in [2.75, 3.05) is 6.61 Å². The molecule has 1 heterocycles. The lowest BCUT2D eigenvalue weighted by atomic mass is 9.97. The molecular formula is C21H24ClNO11. The number of halogens is 1. The summed E-state index contributed by atoms with van der Waals surface area (Å²) in [5, 5.41) is 2.79. The van der Waals surface area contributed by atoms with E-state index in [1.807, 2.05) is 0 Å². The summed E-state index contributed by atoms with van der Waals surface area (Å²) in [5.74, 6) is -2.89. The van der Waals surface area contributed by atoms with Crippen LogP contribution in [0.2, 0.25) is 5.02 Å². The van der Waals surface area contributed by atoms with Crippen molar-refractivity contribution in [3.05, 3.63) is 29.3 Å². The van der Waals surface area contributed by atoms with Crippen LogP contribution in [-0.2, 0) is 42.9 Å². The van der Waals surface area contributed by atoms with Crippen molar-refractivity contribution in [2.45, 2.75) is 58.3 Å². The van der Waals surface area contributed by atoms with Crippen molar-refractivity contribution in [1.29, 1.82) is 0 Å². The Balaban J connectivity index is 2.35. The van der Waals surface area contributed by atoms with Crippen LogP contribution < -0.4 is 10.1 Å². The Morgan fingerprint density at radius 3 is 1.88 bits per heavy atom. The summed E-state index contributed by atoms with van der Waals surface area (Å²) >= 11 is 5.81. The second-order valence-corrected chi connectivity index (χ2v) is 7.54. The minimum Gasteiger partial charge on any atom is -0.463 e. The van der Waals surface area contributed by atoms with Gasteiger partial charge in [-0.25, -0.2) is 4.79 Å². The number of ether oxygens (including phenoxy) is 6. The highest BCUT2D eigenvalue weighted by Gasteiger charge is 2.52. The maximum atomic E-state index is 12.5. The number of nitrogens with one attached hydrogen (secondary N) is 1. The number of carbonyl (C=O) groups excluding carboxylic acids is 5. The second kappa shape index (κ2) is 12.2. The Hall–Kier alpha value is -3.38. The van der Waals surface area contributed by atoms with Gasteiger partial charge in [0.15, 0.2) is 24.5 Å². The molecular weight excluding hydrogens is 478 g/mol. The first-order valence-corrected chi connectivity index (χ1v) is 10.4. The van der Waals surface area contributed by atoms with E-state index in [1.165, 1.54) is 24.3 Å². The average molecular weight is 502 g/mol. The zero-order chi connectivity index (χ0) is 25.4. The van der Waals surface area contributed by atoms with E-state index in [9.17, 15) is 24.0 Å². The van der Waals surface area contributed by atoms with Crippen LogP contribution in [0.5, 0.6) is 5.75 Å². The lowest BCUT2D eigenvalue weighted by molar-refractivity contribution is -0.255. The molecule has 1 aliphatic rings. The maximum absolute atomic E-state index is 12.5. The quantitative estimate of drug-likeness (QED) is 0.427. The van der Waals surface area contributed by atoms with Gasteiger partial charge in [-0.05, 0) is 24.3 Å². The van der Waals surface area contributed by atoms with Gasteiger partial charge in [-0.15, -0.1) is 0 Å². The first-order chi connectivity index (χ1) is 16.0. The van der Waals surface area contributed by atoms with Crippen LogP contribution in [0.25, 0.3) is 0 Å². The van der Waals surface area contributed by atoms with Gasteiger partial charge in [0.05, 0.1) is 0 Å². The van der Waals surface area contributed by atoms with Gasteiger partial charge >= 0.3 is 30.0 Å². The third-order valence-electron chi connectivity index (χ3n) is 4.28. The molecule has 0 aliphatic carbocycles. The predicted octanol–water partition coefficient (Wildman–Crippen LogP) is 1.51. The molecule has 0 unspecified atom stereocenters. The fourth-order valence-corrected chi connectivity index (χ4v) is 3.23. The number of benzene rings is 1. The SMILES string of the molecule is CC(=O)OC[C@H]1O[C@@H](NC(=O)Oc2ccc(Cl)cc2)[C@H](OC(C)=O)[C@@H](OC(C)=O)[C@@H]1OC(C)=O. The molecule has 0 spiro atoms. The Kier molecular flexibility index (Phi) is 9.63. The molecule has 1 aliphatic heterocycles. The molecule has 34 heavy (non-hydrogen) atoms. The van der Waals surface area contributed by atoms with Crippen LogP contribution in [0, 0.1) is 0 Å². The topological polar surface area (TPSA) is 153 Å². The Morgan fingerprint density at radius 1 is 0.824 bits per heavy atom. The number of amides is 1. The van der Waals surface area contributed by atoms with Crippen molar-refractivity contribution < 1.29 is 52.4 Å². The number of hydrogen-bond donors (Lipinski definition) is 1. The van der Waals surface area contributed by atoms with E-state index in [0.717, 1.165) is 27.7 Å². The van der Waals surface area contributed by atoms with E-state index in [4.69, 9.17) is 40.0 Å². The summed E-state index contributed by atoms with van der Waals surface area (Å²) in [6, 6.07) is 5.88. The smallest absolute Gasteiger partial charge is 0.414 e. The van der Waals surface area contributed by atoms with E-state index in [1.54, 1.807) is 0 Å². The lowest BCUT2D eigenvalue weighted by Crippen LogP contribution is -2.66. The lowest BCUT2D eigenvalue weighted by Gasteiger charge is -2.44. The summed E-state index contributed by atoms with van der Waals surface area (Å²) in [5.41, 5.74) is 0. The molecule has 0 radical (unpaired) electrons. The van der Waals surface area contributed by atoms with Crippen LogP contribution in [0.1, 0.15) is 27.7 Å². The second-order valence-electron chi connectivity index (χ2n) is 7.11. The third kappa shape index (κ3) is 8.19. The Labute approximate surface area is 199 Å². The summed E-state index contributed by atoms with van der Waals surface area (Å²) in [6.07, 6.45) is -7.86. The minimum atomic E-state index is -1.45. The number of rotatable bonds is 7. The van der Waals surface area contributed by atoms with E-state index in [0.29, 0.717) is 5.02 Å². The summed E-state index contributed by atoms with van der Waals surface area (Å²) in [7, 11) is 0. The molecule has 1 aromatic carbocycles. The van der Waals surface area contributed by atoms with Gasteiger partial charge in [-0.1, -0.05) is 11.6 Å². The fraction of sp³-hybridized carbons (Fsp3) is 0.476. The van der Waals surface area contributed by atoms with Crippen LogP contribution in [0.15, 0.2) is 24.3 Å².